The first-order valence-electron chi connectivity index (χ1n) is 7.05. The van der Waals surface area contributed by atoms with Gasteiger partial charge in [0.2, 0.25) is 0 Å². The lowest BCUT2D eigenvalue weighted by molar-refractivity contribution is 0.211. The summed E-state index contributed by atoms with van der Waals surface area (Å²) in [5, 5.41) is 0.791. The Labute approximate surface area is 135 Å². The zero-order valence-electron chi connectivity index (χ0n) is 12.1. The second-order valence-corrected chi connectivity index (χ2v) is 7.10. The van der Waals surface area contributed by atoms with Crippen LogP contribution in [0, 0.1) is 5.92 Å². The summed E-state index contributed by atoms with van der Waals surface area (Å²) >= 11 is 9.86. The normalized spacial score (nSPS) is 21.6. The molecule has 1 heterocycles. The van der Waals surface area contributed by atoms with Gasteiger partial charge in [0.05, 0.1) is 0 Å². The van der Waals surface area contributed by atoms with Crippen LogP contribution in [0.1, 0.15) is 18.0 Å². The Balaban J connectivity index is 2.08. The molecule has 1 aromatic rings. The number of rotatable bonds is 5. The van der Waals surface area contributed by atoms with Gasteiger partial charge in [-0.1, -0.05) is 27.5 Å². The molecule has 112 valence electrons. The van der Waals surface area contributed by atoms with Crippen molar-refractivity contribution in [3.63, 3.8) is 0 Å². The summed E-state index contributed by atoms with van der Waals surface area (Å²) in [4.78, 5) is 4.74. The van der Waals surface area contributed by atoms with Gasteiger partial charge in [0.15, 0.2) is 0 Å². The standard InChI is InChI=1S/C15H23BrClN3/c1-19-6-5-11(9-19)10-20(2)15(8-18)13-7-12(16)3-4-14(13)17/h3-4,7,11,15H,5-6,8-10,18H2,1-2H3. The molecule has 2 N–H and O–H groups in total. The van der Waals surface area contributed by atoms with Crippen molar-refractivity contribution in [2.45, 2.75) is 12.5 Å². The van der Waals surface area contributed by atoms with E-state index in [2.05, 4.69) is 45.9 Å². The summed E-state index contributed by atoms with van der Waals surface area (Å²) in [7, 11) is 4.33. The zero-order chi connectivity index (χ0) is 14.7. The van der Waals surface area contributed by atoms with E-state index >= 15 is 0 Å². The van der Waals surface area contributed by atoms with E-state index in [-0.39, 0.29) is 6.04 Å². The second-order valence-electron chi connectivity index (χ2n) is 5.77. The molecule has 1 saturated heterocycles. The van der Waals surface area contributed by atoms with E-state index in [1.54, 1.807) is 0 Å². The predicted molar refractivity (Wildman–Crippen MR) is 89.2 cm³/mol. The molecule has 0 bridgehead atoms. The number of hydrogen-bond donors (Lipinski definition) is 1. The van der Waals surface area contributed by atoms with Crippen molar-refractivity contribution in [1.82, 2.24) is 9.80 Å². The number of nitrogens with zero attached hydrogens (tertiary/aromatic N) is 2. The van der Waals surface area contributed by atoms with Crippen molar-refractivity contribution in [1.29, 1.82) is 0 Å². The molecule has 1 aromatic carbocycles. The van der Waals surface area contributed by atoms with Gasteiger partial charge in [-0.2, -0.15) is 0 Å². The van der Waals surface area contributed by atoms with Gasteiger partial charge in [-0.05, 0) is 56.7 Å². The van der Waals surface area contributed by atoms with E-state index in [4.69, 9.17) is 17.3 Å². The van der Waals surface area contributed by atoms with E-state index in [1.807, 2.05) is 12.1 Å². The number of likely N-dealkylation sites (tertiary alicyclic amines) is 1. The molecular formula is C15H23BrClN3. The maximum Gasteiger partial charge on any atom is 0.0482 e. The van der Waals surface area contributed by atoms with Crippen molar-refractivity contribution < 1.29 is 0 Å². The van der Waals surface area contributed by atoms with Crippen molar-refractivity contribution in [3.05, 3.63) is 33.3 Å². The van der Waals surface area contributed by atoms with Gasteiger partial charge >= 0.3 is 0 Å². The van der Waals surface area contributed by atoms with Crippen molar-refractivity contribution >= 4 is 27.5 Å². The highest BCUT2D eigenvalue weighted by molar-refractivity contribution is 9.10. The summed E-state index contributed by atoms with van der Waals surface area (Å²) in [5.41, 5.74) is 7.11. The Kier molecular flexibility index (Phi) is 5.87. The number of benzene rings is 1. The first-order valence-corrected chi connectivity index (χ1v) is 8.22. The van der Waals surface area contributed by atoms with Crippen LogP contribution in [0.2, 0.25) is 5.02 Å². The highest BCUT2D eigenvalue weighted by Crippen LogP contribution is 2.30. The number of hydrogen-bond acceptors (Lipinski definition) is 3. The third-order valence-electron chi connectivity index (χ3n) is 4.11. The quantitative estimate of drug-likeness (QED) is 0.876. The van der Waals surface area contributed by atoms with Crippen LogP contribution in [0.3, 0.4) is 0 Å². The maximum absolute atomic E-state index is 6.34. The van der Waals surface area contributed by atoms with Gasteiger partial charge in [0.1, 0.15) is 0 Å². The highest BCUT2D eigenvalue weighted by atomic mass is 79.9. The van der Waals surface area contributed by atoms with Crippen LogP contribution in [0.15, 0.2) is 22.7 Å². The Morgan fingerprint density at radius 2 is 2.30 bits per heavy atom. The third-order valence-corrected chi connectivity index (χ3v) is 4.94. The van der Waals surface area contributed by atoms with Crippen LogP contribution in [0.25, 0.3) is 0 Å². The molecule has 5 heteroatoms. The fourth-order valence-corrected chi connectivity index (χ4v) is 3.65. The summed E-state index contributed by atoms with van der Waals surface area (Å²) in [6.45, 7) is 4.02. The lowest BCUT2D eigenvalue weighted by atomic mass is 10.0. The fraction of sp³-hybridized carbons (Fsp3) is 0.600. The Bertz CT molecular complexity index is 455. The highest BCUT2D eigenvalue weighted by Gasteiger charge is 2.25. The minimum absolute atomic E-state index is 0.172. The van der Waals surface area contributed by atoms with Gasteiger partial charge in [-0.15, -0.1) is 0 Å². The van der Waals surface area contributed by atoms with Gasteiger partial charge in [-0.25, -0.2) is 0 Å². The monoisotopic (exact) mass is 359 g/mol. The van der Waals surface area contributed by atoms with E-state index < -0.39 is 0 Å². The van der Waals surface area contributed by atoms with Crippen LogP contribution >= 0.6 is 27.5 Å². The Hall–Kier alpha value is -0.130. The van der Waals surface area contributed by atoms with Crippen molar-refractivity contribution in [2.75, 3.05) is 40.3 Å². The molecule has 0 amide bonds. The first-order chi connectivity index (χ1) is 9.51. The molecule has 1 aliphatic heterocycles. The number of nitrogens with two attached hydrogens (primary N) is 1. The maximum atomic E-state index is 6.34. The molecule has 2 rings (SSSR count). The summed E-state index contributed by atoms with van der Waals surface area (Å²) in [6, 6.07) is 6.15. The average molecular weight is 361 g/mol. The van der Waals surface area contributed by atoms with Crippen LogP contribution in [0.5, 0.6) is 0 Å². The molecule has 2 unspecified atom stereocenters. The Morgan fingerprint density at radius 1 is 1.55 bits per heavy atom. The Morgan fingerprint density at radius 3 is 2.90 bits per heavy atom. The smallest absolute Gasteiger partial charge is 0.0482 e. The van der Waals surface area contributed by atoms with Crippen LogP contribution in [-0.4, -0.2) is 50.1 Å². The molecule has 0 aromatic heterocycles. The van der Waals surface area contributed by atoms with E-state index in [1.165, 1.54) is 19.5 Å². The lowest BCUT2D eigenvalue weighted by Crippen LogP contribution is -2.35. The number of likely N-dealkylation sites (N-methyl/N-ethyl adjacent to an activating group) is 1. The van der Waals surface area contributed by atoms with Crippen LogP contribution in [0.4, 0.5) is 0 Å². The molecule has 1 aliphatic rings. The molecule has 0 saturated carbocycles. The zero-order valence-corrected chi connectivity index (χ0v) is 14.5. The van der Waals surface area contributed by atoms with E-state index in [0.29, 0.717) is 6.54 Å². The molecule has 0 radical (unpaired) electrons. The van der Waals surface area contributed by atoms with E-state index in [9.17, 15) is 0 Å². The lowest BCUT2D eigenvalue weighted by Gasteiger charge is -2.30. The molecule has 1 fully saturated rings. The fourth-order valence-electron chi connectivity index (χ4n) is 3.02. The SMILES string of the molecule is CN1CCC(CN(C)C(CN)c2cc(Br)ccc2Cl)C1. The second kappa shape index (κ2) is 7.23. The predicted octanol–water partition coefficient (Wildman–Crippen LogP) is 2.99. The van der Waals surface area contributed by atoms with Gasteiger partial charge in [0, 0.05) is 35.2 Å². The largest absolute Gasteiger partial charge is 0.329 e. The van der Waals surface area contributed by atoms with E-state index in [0.717, 1.165) is 27.5 Å². The van der Waals surface area contributed by atoms with Crippen LogP contribution in [-0.2, 0) is 0 Å². The summed E-state index contributed by atoms with van der Waals surface area (Å²) < 4.78 is 1.05. The average Bonchev–Trinajstić information content (AvgIpc) is 2.80. The molecule has 2 atom stereocenters. The molecular weight excluding hydrogens is 338 g/mol. The molecule has 20 heavy (non-hydrogen) atoms. The van der Waals surface area contributed by atoms with Crippen molar-refractivity contribution in [2.24, 2.45) is 11.7 Å². The minimum atomic E-state index is 0.172. The third kappa shape index (κ3) is 3.95. The summed E-state index contributed by atoms with van der Waals surface area (Å²) in [5.74, 6) is 0.727. The minimum Gasteiger partial charge on any atom is -0.329 e. The molecule has 0 aliphatic carbocycles. The van der Waals surface area contributed by atoms with Crippen molar-refractivity contribution in [3.8, 4) is 0 Å². The first kappa shape index (κ1) is 16.2. The molecule has 3 nitrogen and oxygen atoms in total. The molecule has 0 spiro atoms. The van der Waals surface area contributed by atoms with Crippen LogP contribution < -0.4 is 5.73 Å². The van der Waals surface area contributed by atoms with Gasteiger partial charge in [0.25, 0.3) is 0 Å². The van der Waals surface area contributed by atoms with Gasteiger partial charge in [-0.3, -0.25) is 4.90 Å². The topological polar surface area (TPSA) is 32.5 Å². The van der Waals surface area contributed by atoms with Gasteiger partial charge < -0.3 is 10.6 Å². The summed E-state index contributed by atoms with van der Waals surface area (Å²) in [6.07, 6.45) is 1.27. The number of halogens is 2.